The number of amides is 1. The topological polar surface area (TPSA) is 111 Å². The first-order chi connectivity index (χ1) is 13.8. The fourth-order valence-corrected chi connectivity index (χ4v) is 3.69. The van der Waals surface area contributed by atoms with Crippen LogP contribution in [0.25, 0.3) is 11.0 Å². The van der Waals surface area contributed by atoms with Gasteiger partial charge >= 0.3 is 5.69 Å². The van der Waals surface area contributed by atoms with Gasteiger partial charge in [0.15, 0.2) is 0 Å². The number of nitrogens with one attached hydrogen (secondary N) is 3. The number of rotatable bonds is 4. The fraction of sp³-hybridized carbons (Fsp3) is 0.333. The quantitative estimate of drug-likeness (QED) is 0.616. The molecule has 3 aromatic rings. The Balaban J connectivity index is 1.47. The lowest BCUT2D eigenvalue weighted by Gasteiger charge is -2.41. The standard InChI is InChI=1S/C21H23N5O3/c1-21(2,26-8-7-13-5-3-4-6-14(13)11-26)12-23-18(27)15-9-16-17(22-10-15)24-20(29)25-19(16)28/h3-6,9-10H,7-8,11-12H2,1-2H3,(H,23,27)(H2,22,24,25,28,29). The van der Waals surface area contributed by atoms with Gasteiger partial charge in [0.05, 0.1) is 10.9 Å². The molecule has 29 heavy (non-hydrogen) atoms. The molecule has 0 radical (unpaired) electrons. The summed E-state index contributed by atoms with van der Waals surface area (Å²) in [5, 5.41) is 3.12. The van der Waals surface area contributed by atoms with Gasteiger partial charge in [0.2, 0.25) is 0 Å². The highest BCUT2D eigenvalue weighted by molar-refractivity contribution is 5.96. The van der Waals surface area contributed by atoms with Crippen LogP contribution in [0.5, 0.6) is 0 Å². The minimum Gasteiger partial charge on any atom is -0.350 e. The van der Waals surface area contributed by atoms with E-state index in [1.165, 1.54) is 23.4 Å². The van der Waals surface area contributed by atoms with E-state index in [1.807, 2.05) is 0 Å². The second-order valence-electron chi connectivity index (χ2n) is 7.96. The Hall–Kier alpha value is -3.26. The zero-order chi connectivity index (χ0) is 20.6. The summed E-state index contributed by atoms with van der Waals surface area (Å²) in [6.07, 6.45) is 2.35. The van der Waals surface area contributed by atoms with Crippen LogP contribution in [0.3, 0.4) is 0 Å². The maximum Gasteiger partial charge on any atom is 0.327 e. The molecule has 1 aromatic carbocycles. The van der Waals surface area contributed by atoms with Crippen molar-refractivity contribution in [3.8, 4) is 0 Å². The molecule has 1 amide bonds. The summed E-state index contributed by atoms with van der Waals surface area (Å²) in [7, 11) is 0. The van der Waals surface area contributed by atoms with Crippen molar-refractivity contribution in [3.63, 3.8) is 0 Å². The van der Waals surface area contributed by atoms with Gasteiger partial charge in [-0.2, -0.15) is 0 Å². The van der Waals surface area contributed by atoms with Crippen molar-refractivity contribution < 1.29 is 4.79 Å². The van der Waals surface area contributed by atoms with Gasteiger partial charge < -0.3 is 5.32 Å². The number of hydrogen-bond acceptors (Lipinski definition) is 5. The molecule has 0 fully saturated rings. The van der Waals surface area contributed by atoms with Gasteiger partial charge in [-0.1, -0.05) is 24.3 Å². The Morgan fingerprint density at radius 2 is 1.97 bits per heavy atom. The highest BCUT2D eigenvalue weighted by atomic mass is 16.2. The minimum absolute atomic E-state index is 0.155. The molecule has 0 saturated carbocycles. The van der Waals surface area contributed by atoms with E-state index in [9.17, 15) is 14.4 Å². The van der Waals surface area contributed by atoms with Gasteiger partial charge in [-0.25, -0.2) is 9.78 Å². The number of H-pyrrole nitrogens is 2. The molecule has 0 unspecified atom stereocenters. The summed E-state index contributed by atoms with van der Waals surface area (Å²) in [5.41, 5.74) is 1.70. The van der Waals surface area contributed by atoms with E-state index in [4.69, 9.17) is 0 Å². The molecule has 0 atom stereocenters. The predicted octanol–water partition coefficient (Wildman–Crippen LogP) is 1.18. The summed E-state index contributed by atoms with van der Waals surface area (Å²) in [5.74, 6) is -0.310. The van der Waals surface area contributed by atoms with E-state index in [-0.39, 0.29) is 28.0 Å². The summed E-state index contributed by atoms with van der Waals surface area (Å²) in [6.45, 7) is 6.44. The van der Waals surface area contributed by atoms with Crippen LogP contribution in [0.15, 0.2) is 46.1 Å². The third-order valence-corrected chi connectivity index (χ3v) is 5.52. The summed E-state index contributed by atoms with van der Waals surface area (Å²) >= 11 is 0. The molecule has 0 bridgehead atoms. The van der Waals surface area contributed by atoms with Crippen molar-refractivity contribution in [2.75, 3.05) is 13.1 Å². The van der Waals surface area contributed by atoms with E-state index < -0.39 is 11.2 Å². The van der Waals surface area contributed by atoms with Crippen molar-refractivity contribution in [1.29, 1.82) is 0 Å². The third-order valence-electron chi connectivity index (χ3n) is 5.52. The van der Waals surface area contributed by atoms with Gasteiger partial charge in [0.25, 0.3) is 11.5 Å². The van der Waals surface area contributed by atoms with Crippen LogP contribution in [-0.4, -0.2) is 44.4 Å². The first-order valence-corrected chi connectivity index (χ1v) is 9.56. The second kappa shape index (κ2) is 7.29. The van der Waals surface area contributed by atoms with Crippen LogP contribution in [0.4, 0.5) is 0 Å². The van der Waals surface area contributed by atoms with Gasteiger partial charge in [-0.3, -0.25) is 24.5 Å². The molecular formula is C21H23N5O3. The van der Waals surface area contributed by atoms with Gasteiger partial charge in [-0.05, 0) is 37.5 Å². The van der Waals surface area contributed by atoms with Gasteiger partial charge in [-0.15, -0.1) is 0 Å². The minimum atomic E-state index is -0.628. The van der Waals surface area contributed by atoms with E-state index in [0.29, 0.717) is 6.54 Å². The van der Waals surface area contributed by atoms with Crippen molar-refractivity contribution >= 4 is 16.9 Å². The molecule has 2 aromatic heterocycles. The summed E-state index contributed by atoms with van der Waals surface area (Å²) in [6, 6.07) is 9.88. The summed E-state index contributed by atoms with van der Waals surface area (Å²) in [4.78, 5) is 46.9. The molecule has 4 rings (SSSR count). The normalized spacial score (nSPS) is 14.6. The Morgan fingerprint density at radius 3 is 2.76 bits per heavy atom. The number of carbonyl (C=O) groups excluding carboxylic acids is 1. The van der Waals surface area contributed by atoms with Crippen LogP contribution in [-0.2, 0) is 13.0 Å². The number of carbonyl (C=O) groups is 1. The van der Waals surface area contributed by atoms with E-state index in [1.54, 1.807) is 0 Å². The molecule has 0 saturated heterocycles. The molecule has 3 N–H and O–H groups in total. The fourth-order valence-electron chi connectivity index (χ4n) is 3.69. The lowest BCUT2D eigenvalue weighted by molar-refractivity contribution is 0.0826. The largest absolute Gasteiger partial charge is 0.350 e. The molecule has 8 heteroatoms. The first kappa shape index (κ1) is 19.1. The lowest BCUT2D eigenvalue weighted by atomic mass is 9.94. The number of fused-ring (bicyclic) bond motifs is 2. The molecule has 150 valence electrons. The van der Waals surface area contributed by atoms with Gasteiger partial charge in [0.1, 0.15) is 5.65 Å². The van der Waals surface area contributed by atoms with E-state index >= 15 is 0 Å². The number of aromatic nitrogens is 3. The Bertz CT molecular complexity index is 1190. The number of nitrogens with zero attached hydrogens (tertiary/aromatic N) is 2. The zero-order valence-electron chi connectivity index (χ0n) is 16.4. The van der Waals surface area contributed by atoms with Crippen molar-refractivity contribution in [2.45, 2.75) is 32.4 Å². The van der Waals surface area contributed by atoms with Crippen LogP contribution in [0.1, 0.15) is 35.3 Å². The van der Waals surface area contributed by atoms with Crippen LogP contribution < -0.4 is 16.6 Å². The average molecular weight is 393 g/mol. The Morgan fingerprint density at radius 1 is 1.21 bits per heavy atom. The molecule has 1 aliphatic heterocycles. The van der Waals surface area contributed by atoms with Crippen LogP contribution in [0, 0.1) is 0 Å². The molecule has 8 nitrogen and oxygen atoms in total. The smallest absolute Gasteiger partial charge is 0.327 e. The number of pyridine rings is 1. The lowest BCUT2D eigenvalue weighted by Crippen LogP contribution is -2.53. The highest BCUT2D eigenvalue weighted by Gasteiger charge is 2.30. The molecule has 3 heterocycles. The maximum atomic E-state index is 12.6. The van der Waals surface area contributed by atoms with Crippen molar-refractivity contribution in [2.24, 2.45) is 0 Å². The predicted molar refractivity (Wildman–Crippen MR) is 110 cm³/mol. The van der Waals surface area contributed by atoms with E-state index in [2.05, 4.69) is 63.3 Å². The van der Waals surface area contributed by atoms with Crippen LogP contribution >= 0.6 is 0 Å². The highest BCUT2D eigenvalue weighted by Crippen LogP contribution is 2.25. The maximum absolute atomic E-state index is 12.6. The number of benzene rings is 1. The SMILES string of the molecule is CC(C)(CNC(=O)c1cnc2[nH]c(=O)[nH]c(=O)c2c1)N1CCc2ccccc2C1. The number of hydrogen-bond donors (Lipinski definition) is 3. The third kappa shape index (κ3) is 3.84. The number of aromatic amines is 2. The zero-order valence-corrected chi connectivity index (χ0v) is 16.4. The monoisotopic (exact) mass is 393 g/mol. The van der Waals surface area contributed by atoms with Gasteiger partial charge in [0, 0.05) is 31.4 Å². The average Bonchev–Trinajstić information content (AvgIpc) is 2.71. The second-order valence-corrected chi connectivity index (χ2v) is 7.96. The van der Waals surface area contributed by atoms with Crippen LogP contribution in [0.2, 0.25) is 0 Å². The molecule has 0 aliphatic carbocycles. The van der Waals surface area contributed by atoms with E-state index in [0.717, 1.165) is 19.5 Å². The van der Waals surface area contributed by atoms with Crippen molar-refractivity contribution in [1.82, 2.24) is 25.2 Å². The molecular weight excluding hydrogens is 370 g/mol. The molecule has 0 spiro atoms. The Labute approximate surface area is 167 Å². The Kier molecular flexibility index (Phi) is 4.79. The van der Waals surface area contributed by atoms with Crippen molar-refractivity contribution in [3.05, 3.63) is 74.1 Å². The first-order valence-electron chi connectivity index (χ1n) is 9.56. The molecule has 1 aliphatic rings. The summed E-state index contributed by atoms with van der Waals surface area (Å²) < 4.78 is 0.